The molecule has 0 bridgehead atoms. The molecule has 2 aromatic rings. The van der Waals surface area contributed by atoms with Crippen LogP contribution in [0.1, 0.15) is 41.5 Å². The summed E-state index contributed by atoms with van der Waals surface area (Å²) in [5.74, 6) is -0.399. The van der Waals surface area contributed by atoms with Crippen LogP contribution in [0.25, 0.3) is 0 Å². The van der Waals surface area contributed by atoms with Crippen LogP contribution in [0.2, 0.25) is 0 Å². The van der Waals surface area contributed by atoms with Crippen molar-refractivity contribution < 1.29 is 9.18 Å². The van der Waals surface area contributed by atoms with Gasteiger partial charge < -0.3 is 4.90 Å². The summed E-state index contributed by atoms with van der Waals surface area (Å²) in [6.45, 7) is 2.30. The highest BCUT2D eigenvalue weighted by Crippen LogP contribution is 2.30. The van der Waals surface area contributed by atoms with Crippen molar-refractivity contribution in [3.05, 3.63) is 53.1 Å². The first kappa shape index (κ1) is 13.8. The molecule has 1 heterocycles. The molecule has 1 amide bonds. The topological polar surface area (TPSA) is 49.0 Å². The molecule has 4 nitrogen and oxygen atoms in total. The molecule has 21 heavy (non-hydrogen) atoms. The summed E-state index contributed by atoms with van der Waals surface area (Å²) in [7, 11) is 0. The van der Waals surface area contributed by atoms with Gasteiger partial charge in [-0.3, -0.25) is 9.89 Å². The summed E-state index contributed by atoms with van der Waals surface area (Å²) in [5.41, 5.74) is 1.89. The highest BCUT2D eigenvalue weighted by atomic mass is 19.1. The Bertz CT molecular complexity index is 648. The summed E-state index contributed by atoms with van der Waals surface area (Å²) in [4.78, 5) is 14.3. The molecular weight excluding hydrogens is 269 g/mol. The van der Waals surface area contributed by atoms with E-state index in [1.54, 1.807) is 29.2 Å². The molecule has 0 aliphatic heterocycles. The summed E-state index contributed by atoms with van der Waals surface area (Å²) in [6, 6.07) is 8.58. The second-order valence-corrected chi connectivity index (χ2v) is 5.39. The standard InChI is InChI=1S/C16H18FN3O/c1-2-12-9-15(19-18-12)16(21)20(13-7-8-13)10-11-5-3-4-6-14(11)17/h3-6,9,13H,2,7-8,10H2,1H3,(H,18,19). The number of carbonyl (C=O) groups excluding carboxylic acids is 1. The Kier molecular flexibility index (Phi) is 3.73. The van der Waals surface area contributed by atoms with E-state index in [0.29, 0.717) is 17.8 Å². The number of rotatable bonds is 5. The van der Waals surface area contributed by atoms with Crippen molar-refractivity contribution in [1.82, 2.24) is 15.1 Å². The van der Waals surface area contributed by atoms with E-state index < -0.39 is 0 Å². The molecule has 0 unspecified atom stereocenters. The molecule has 1 saturated carbocycles. The molecule has 5 heteroatoms. The van der Waals surface area contributed by atoms with Gasteiger partial charge in [-0.15, -0.1) is 0 Å². The van der Waals surface area contributed by atoms with Gasteiger partial charge in [-0.25, -0.2) is 4.39 Å². The number of H-pyrrole nitrogens is 1. The summed E-state index contributed by atoms with van der Waals surface area (Å²) in [5, 5.41) is 6.93. The highest BCUT2D eigenvalue weighted by molar-refractivity contribution is 5.92. The zero-order chi connectivity index (χ0) is 14.8. The van der Waals surface area contributed by atoms with Gasteiger partial charge in [-0.05, 0) is 31.4 Å². The summed E-state index contributed by atoms with van der Waals surface area (Å²) < 4.78 is 13.8. The zero-order valence-corrected chi connectivity index (χ0v) is 12.0. The van der Waals surface area contributed by atoms with Crippen LogP contribution in [-0.2, 0) is 13.0 Å². The number of benzene rings is 1. The normalized spacial score (nSPS) is 14.2. The van der Waals surface area contributed by atoms with Crippen LogP contribution in [-0.4, -0.2) is 27.0 Å². The molecular formula is C16H18FN3O. The molecule has 1 aliphatic carbocycles. The predicted octanol–water partition coefficient (Wildman–Crippen LogP) is 2.92. The number of hydrogen-bond donors (Lipinski definition) is 1. The average molecular weight is 287 g/mol. The Balaban J connectivity index is 1.81. The molecule has 1 aromatic carbocycles. The number of aromatic amines is 1. The lowest BCUT2D eigenvalue weighted by Gasteiger charge is -2.21. The smallest absolute Gasteiger partial charge is 0.274 e. The van der Waals surface area contributed by atoms with E-state index in [9.17, 15) is 9.18 Å². The van der Waals surface area contributed by atoms with Gasteiger partial charge in [-0.1, -0.05) is 25.1 Å². The number of nitrogens with zero attached hydrogens (tertiary/aromatic N) is 2. The van der Waals surface area contributed by atoms with E-state index >= 15 is 0 Å². The maximum absolute atomic E-state index is 13.8. The van der Waals surface area contributed by atoms with E-state index in [1.165, 1.54) is 6.07 Å². The molecule has 0 spiro atoms. The maximum Gasteiger partial charge on any atom is 0.274 e. The molecule has 3 rings (SSSR count). The van der Waals surface area contributed by atoms with Crippen molar-refractivity contribution in [3.8, 4) is 0 Å². The van der Waals surface area contributed by atoms with Crippen molar-refractivity contribution in [2.24, 2.45) is 0 Å². The number of nitrogens with one attached hydrogen (secondary N) is 1. The molecule has 1 N–H and O–H groups in total. The fourth-order valence-electron chi connectivity index (χ4n) is 2.36. The quantitative estimate of drug-likeness (QED) is 0.919. The second kappa shape index (κ2) is 5.68. The number of aromatic nitrogens is 2. The lowest BCUT2D eigenvalue weighted by atomic mass is 10.2. The Labute approximate surface area is 123 Å². The van der Waals surface area contributed by atoms with Crippen LogP contribution >= 0.6 is 0 Å². The molecule has 1 fully saturated rings. The van der Waals surface area contributed by atoms with Crippen molar-refractivity contribution >= 4 is 5.91 Å². The van der Waals surface area contributed by atoms with Crippen LogP contribution < -0.4 is 0 Å². The molecule has 1 aromatic heterocycles. The summed E-state index contributed by atoms with van der Waals surface area (Å²) in [6.07, 6.45) is 2.76. The van der Waals surface area contributed by atoms with Crippen LogP contribution in [0.4, 0.5) is 4.39 Å². The number of aryl methyl sites for hydroxylation is 1. The number of amides is 1. The Morgan fingerprint density at radius 3 is 2.81 bits per heavy atom. The third-order valence-corrected chi connectivity index (χ3v) is 3.78. The fourth-order valence-corrected chi connectivity index (χ4v) is 2.36. The predicted molar refractivity (Wildman–Crippen MR) is 77.3 cm³/mol. The van der Waals surface area contributed by atoms with E-state index in [-0.39, 0.29) is 17.8 Å². The van der Waals surface area contributed by atoms with Crippen molar-refractivity contribution in [3.63, 3.8) is 0 Å². The van der Waals surface area contributed by atoms with Crippen molar-refractivity contribution in [2.45, 2.75) is 38.8 Å². The fraction of sp³-hybridized carbons (Fsp3) is 0.375. The van der Waals surface area contributed by atoms with Crippen LogP contribution in [0, 0.1) is 5.82 Å². The zero-order valence-electron chi connectivity index (χ0n) is 12.0. The van der Waals surface area contributed by atoms with Crippen LogP contribution in [0.3, 0.4) is 0 Å². The van der Waals surface area contributed by atoms with Gasteiger partial charge in [0, 0.05) is 23.8 Å². The van der Waals surface area contributed by atoms with Gasteiger partial charge in [0.1, 0.15) is 11.5 Å². The summed E-state index contributed by atoms with van der Waals surface area (Å²) >= 11 is 0. The van der Waals surface area contributed by atoms with Gasteiger partial charge in [0.25, 0.3) is 5.91 Å². The van der Waals surface area contributed by atoms with E-state index in [2.05, 4.69) is 10.2 Å². The van der Waals surface area contributed by atoms with Crippen molar-refractivity contribution in [2.75, 3.05) is 0 Å². The minimum absolute atomic E-state index is 0.128. The van der Waals surface area contributed by atoms with Gasteiger partial charge in [0.15, 0.2) is 0 Å². The monoisotopic (exact) mass is 287 g/mol. The lowest BCUT2D eigenvalue weighted by molar-refractivity contribution is 0.0722. The van der Waals surface area contributed by atoms with E-state index in [1.807, 2.05) is 6.92 Å². The van der Waals surface area contributed by atoms with Crippen LogP contribution in [0.15, 0.2) is 30.3 Å². The number of carbonyl (C=O) groups is 1. The maximum atomic E-state index is 13.8. The van der Waals surface area contributed by atoms with Crippen LogP contribution in [0.5, 0.6) is 0 Å². The molecule has 110 valence electrons. The molecule has 0 atom stereocenters. The Hall–Kier alpha value is -2.17. The van der Waals surface area contributed by atoms with Crippen molar-refractivity contribution in [1.29, 1.82) is 0 Å². The van der Waals surface area contributed by atoms with Gasteiger partial charge >= 0.3 is 0 Å². The molecule has 0 radical (unpaired) electrons. The molecule has 0 saturated heterocycles. The number of hydrogen-bond acceptors (Lipinski definition) is 2. The number of halogens is 1. The minimum atomic E-state index is -0.271. The first-order chi connectivity index (χ1) is 10.2. The lowest BCUT2D eigenvalue weighted by Crippen LogP contribution is -2.33. The minimum Gasteiger partial charge on any atom is -0.330 e. The largest absolute Gasteiger partial charge is 0.330 e. The SMILES string of the molecule is CCc1cc(C(=O)N(Cc2ccccc2F)C2CC2)n[nH]1. The first-order valence-corrected chi connectivity index (χ1v) is 7.27. The van der Waals surface area contributed by atoms with E-state index in [4.69, 9.17) is 0 Å². The third kappa shape index (κ3) is 2.96. The highest BCUT2D eigenvalue weighted by Gasteiger charge is 2.34. The third-order valence-electron chi connectivity index (χ3n) is 3.78. The van der Waals surface area contributed by atoms with Gasteiger partial charge in [0.05, 0.1) is 0 Å². The Morgan fingerprint density at radius 1 is 1.43 bits per heavy atom. The first-order valence-electron chi connectivity index (χ1n) is 7.27. The molecule has 1 aliphatic rings. The average Bonchev–Trinajstić information content (AvgIpc) is 3.22. The van der Waals surface area contributed by atoms with E-state index in [0.717, 1.165) is 25.0 Å². The van der Waals surface area contributed by atoms with Gasteiger partial charge in [-0.2, -0.15) is 5.10 Å². The Morgan fingerprint density at radius 2 is 2.19 bits per heavy atom. The van der Waals surface area contributed by atoms with Gasteiger partial charge in [0.2, 0.25) is 0 Å². The second-order valence-electron chi connectivity index (χ2n) is 5.39.